The number of hydrogen-bond donors (Lipinski definition) is 2. The molecule has 0 aliphatic heterocycles. The number of ketones is 1. The Morgan fingerprint density at radius 2 is 1.92 bits per heavy atom. The van der Waals surface area contributed by atoms with E-state index in [1.807, 2.05) is 48.7 Å². The third kappa shape index (κ3) is 3.97. The maximum atomic E-state index is 12.5. The van der Waals surface area contributed by atoms with Crippen LogP contribution >= 0.6 is 27.5 Å². The first-order valence-corrected chi connectivity index (χ1v) is 9.20. The molecule has 25 heavy (non-hydrogen) atoms. The molecular weight excluding hydrogens is 402 g/mol. The Hall–Kier alpha value is -1.62. The van der Waals surface area contributed by atoms with Crippen molar-refractivity contribution >= 4 is 44.2 Å². The third-order valence-corrected chi connectivity index (χ3v) is 5.14. The minimum absolute atomic E-state index is 0.167. The highest BCUT2D eigenvalue weighted by Crippen LogP contribution is 2.36. The highest BCUT2D eigenvalue weighted by atomic mass is 79.9. The van der Waals surface area contributed by atoms with E-state index in [0.717, 1.165) is 26.5 Å². The number of aromatic nitrogens is 1. The van der Waals surface area contributed by atoms with E-state index in [2.05, 4.69) is 20.9 Å². The lowest BCUT2D eigenvalue weighted by molar-refractivity contribution is -0.134. The van der Waals surface area contributed by atoms with Crippen molar-refractivity contribution < 1.29 is 9.90 Å². The van der Waals surface area contributed by atoms with Gasteiger partial charge in [-0.2, -0.15) is 0 Å². The Morgan fingerprint density at radius 3 is 2.56 bits per heavy atom. The number of aliphatic hydroxyl groups is 1. The van der Waals surface area contributed by atoms with Gasteiger partial charge >= 0.3 is 0 Å². The molecule has 3 nitrogen and oxygen atoms in total. The molecule has 1 unspecified atom stereocenters. The van der Waals surface area contributed by atoms with Gasteiger partial charge in [-0.05, 0) is 55.3 Å². The molecule has 0 spiro atoms. The number of H-pyrrole nitrogens is 1. The van der Waals surface area contributed by atoms with E-state index in [9.17, 15) is 9.90 Å². The van der Waals surface area contributed by atoms with E-state index in [4.69, 9.17) is 11.6 Å². The molecule has 0 saturated heterocycles. The van der Waals surface area contributed by atoms with E-state index in [1.54, 1.807) is 0 Å². The Morgan fingerprint density at radius 1 is 1.24 bits per heavy atom. The van der Waals surface area contributed by atoms with Crippen molar-refractivity contribution in [3.63, 3.8) is 0 Å². The highest BCUT2D eigenvalue weighted by Gasteiger charge is 2.29. The molecule has 0 aliphatic carbocycles. The molecule has 1 heterocycles. The summed E-state index contributed by atoms with van der Waals surface area (Å²) in [6.45, 7) is 3.06. The molecule has 130 valence electrons. The molecule has 2 N–H and O–H groups in total. The standard InChI is InChI=1S/C20H19BrClNO2/c1-20(2,25)19(24)10-15(12-3-6-14(22)7-4-12)17-11-23-18-8-5-13(21)9-16(17)18/h3-9,11,15,23,25H,10H2,1-2H3. The number of carbonyl (C=O) groups is 1. The number of carbonyl (C=O) groups excluding carboxylic acids is 1. The van der Waals surface area contributed by atoms with Gasteiger partial charge in [-0.25, -0.2) is 0 Å². The third-order valence-electron chi connectivity index (χ3n) is 4.40. The summed E-state index contributed by atoms with van der Waals surface area (Å²) in [6, 6.07) is 13.5. The molecule has 0 fully saturated rings. The number of hydrogen-bond acceptors (Lipinski definition) is 2. The largest absolute Gasteiger partial charge is 0.383 e. The molecule has 1 atom stereocenters. The SMILES string of the molecule is CC(C)(O)C(=O)CC(c1ccc(Cl)cc1)c1c[nH]c2ccc(Br)cc12. The van der Waals surface area contributed by atoms with Crippen LogP contribution in [-0.2, 0) is 4.79 Å². The van der Waals surface area contributed by atoms with Crippen LogP contribution in [0.4, 0.5) is 0 Å². The predicted molar refractivity (Wildman–Crippen MR) is 105 cm³/mol. The van der Waals surface area contributed by atoms with Gasteiger partial charge in [0.1, 0.15) is 5.60 Å². The van der Waals surface area contributed by atoms with Crippen molar-refractivity contribution in [1.29, 1.82) is 0 Å². The zero-order valence-corrected chi connectivity index (χ0v) is 16.4. The van der Waals surface area contributed by atoms with Gasteiger partial charge in [-0.1, -0.05) is 39.7 Å². The van der Waals surface area contributed by atoms with Gasteiger partial charge < -0.3 is 10.1 Å². The lowest BCUT2D eigenvalue weighted by Gasteiger charge is -2.22. The number of halogens is 2. The second-order valence-electron chi connectivity index (χ2n) is 6.72. The quantitative estimate of drug-likeness (QED) is 0.577. The zero-order valence-electron chi connectivity index (χ0n) is 14.0. The lowest BCUT2D eigenvalue weighted by Crippen LogP contribution is -2.32. The van der Waals surface area contributed by atoms with Crippen molar-refractivity contribution in [2.75, 3.05) is 0 Å². The molecule has 3 aromatic rings. The van der Waals surface area contributed by atoms with Crippen molar-refractivity contribution in [2.24, 2.45) is 0 Å². The Bertz CT molecular complexity index is 910. The fraction of sp³-hybridized carbons (Fsp3) is 0.250. The van der Waals surface area contributed by atoms with Crippen LogP contribution in [0.25, 0.3) is 10.9 Å². The van der Waals surface area contributed by atoms with E-state index < -0.39 is 5.60 Å². The van der Waals surface area contributed by atoms with Crippen LogP contribution in [0.1, 0.15) is 37.3 Å². The van der Waals surface area contributed by atoms with Gasteiger partial charge in [0.2, 0.25) is 0 Å². The molecule has 0 aliphatic rings. The van der Waals surface area contributed by atoms with Crippen LogP contribution in [0.5, 0.6) is 0 Å². The molecule has 0 bridgehead atoms. The number of fused-ring (bicyclic) bond motifs is 1. The first kappa shape index (κ1) is 18.2. The summed E-state index contributed by atoms with van der Waals surface area (Å²) in [6.07, 6.45) is 2.15. The van der Waals surface area contributed by atoms with Gasteiger partial charge in [-0.3, -0.25) is 4.79 Å². The molecule has 1 aromatic heterocycles. The Kier molecular flexibility index (Phi) is 5.05. The Labute approximate surface area is 160 Å². The summed E-state index contributed by atoms with van der Waals surface area (Å²) in [7, 11) is 0. The van der Waals surface area contributed by atoms with Crippen LogP contribution in [0.2, 0.25) is 5.02 Å². The molecule has 0 radical (unpaired) electrons. The second kappa shape index (κ2) is 6.94. The fourth-order valence-corrected chi connectivity index (χ4v) is 3.43. The normalized spacial score (nSPS) is 13.2. The smallest absolute Gasteiger partial charge is 0.164 e. The average Bonchev–Trinajstić information content (AvgIpc) is 2.95. The summed E-state index contributed by atoms with van der Waals surface area (Å²) in [5, 5.41) is 11.8. The lowest BCUT2D eigenvalue weighted by atomic mass is 9.84. The van der Waals surface area contributed by atoms with Crippen LogP contribution in [-0.4, -0.2) is 21.5 Å². The number of aromatic amines is 1. The zero-order chi connectivity index (χ0) is 18.2. The summed E-state index contributed by atoms with van der Waals surface area (Å²) in [4.78, 5) is 15.8. The van der Waals surface area contributed by atoms with Crippen molar-refractivity contribution in [3.8, 4) is 0 Å². The minimum atomic E-state index is -1.36. The first-order chi connectivity index (χ1) is 11.8. The van der Waals surface area contributed by atoms with Gasteiger partial charge in [0, 0.05) is 38.9 Å². The number of benzene rings is 2. The summed E-state index contributed by atoms with van der Waals surface area (Å²) < 4.78 is 0.976. The van der Waals surface area contributed by atoms with Gasteiger partial charge in [0.15, 0.2) is 5.78 Å². The summed E-state index contributed by atoms with van der Waals surface area (Å²) in [5.74, 6) is -0.365. The summed E-state index contributed by atoms with van der Waals surface area (Å²) >= 11 is 9.53. The first-order valence-electron chi connectivity index (χ1n) is 8.03. The minimum Gasteiger partial charge on any atom is -0.383 e. The maximum absolute atomic E-state index is 12.5. The van der Waals surface area contributed by atoms with E-state index >= 15 is 0 Å². The van der Waals surface area contributed by atoms with Crippen molar-refractivity contribution in [1.82, 2.24) is 4.98 Å². The monoisotopic (exact) mass is 419 g/mol. The van der Waals surface area contributed by atoms with Crippen LogP contribution < -0.4 is 0 Å². The van der Waals surface area contributed by atoms with Crippen LogP contribution in [0.15, 0.2) is 53.1 Å². The number of nitrogens with one attached hydrogen (secondary N) is 1. The number of Topliss-reactive ketones (excluding diaryl/α,β-unsaturated/α-hetero) is 1. The number of rotatable bonds is 5. The van der Waals surface area contributed by atoms with Crippen molar-refractivity contribution in [3.05, 3.63) is 69.3 Å². The second-order valence-corrected chi connectivity index (χ2v) is 8.08. The van der Waals surface area contributed by atoms with Gasteiger partial charge in [0.25, 0.3) is 0 Å². The molecule has 0 saturated carbocycles. The average molecular weight is 421 g/mol. The van der Waals surface area contributed by atoms with Crippen molar-refractivity contribution in [2.45, 2.75) is 31.8 Å². The van der Waals surface area contributed by atoms with Gasteiger partial charge in [0.05, 0.1) is 0 Å². The molecular formula is C20H19BrClNO2. The highest BCUT2D eigenvalue weighted by molar-refractivity contribution is 9.10. The molecule has 2 aromatic carbocycles. The summed E-state index contributed by atoms with van der Waals surface area (Å²) in [5.41, 5.74) is 1.66. The topological polar surface area (TPSA) is 53.1 Å². The Balaban J connectivity index is 2.10. The molecule has 3 rings (SSSR count). The van der Waals surface area contributed by atoms with Crippen LogP contribution in [0.3, 0.4) is 0 Å². The fourth-order valence-electron chi connectivity index (χ4n) is 2.94. The van der Waals surface area contributed by atoms with E-state index in [-0.39, 0.29) is 18.1 Å². The van der Waals surface area contributed by atoms with Gasteiger partial charge in [-0.15, -0.1) is 0 Å². The maximum Gasteiger partial charge on any atom is 0.164 e. The molecule has 5 heteroatoms. The van der Waals surface area contributed by atoms with E-state index in [1.165, 1.54) is 13.8 Å². The van der Waals surface area contributed by atoms with Crippen LogP contribution in [0, 0.1) is 0 Å². The molecule has 0 amide bonds. The van der Waals surface area contributed by atoms with E-state index in [0.29, 0.717) is 5.02 Å². The predicted octanol–water partition coefficient (Wildman–Crippen LogP) is 5.45.